The van der Waals surface area contributed by atoms with Gasteiger partial charge >= 0.3 is 0 Å². The number of nitrogens with two attached hydrogens (primary N) is 1. The van der Waals surface area contributed by atoms with Crippen molar-refractivity contribution in [1.82, 2.24) is 24.7 Å². The van der Waals surface area contributed by atoms with Crippen LogP contribution in [-0.4, -0.2) is 31.3 Å². The average Bonchev–Trinajstić information content (AvgIpc) is 2.74. The highest BCUT2D eigenvalue weighted by Crippen LogP contribution is 2.14. The van der Waals surface area contributed by atoms with Crippen LogP contribution < -0.4 is 11.1 Å². The molecule has 0 aliphatic heterocycles. The monoisotopic (exact) mass is 261 g/mol. The molecule has 0 bridgehead atoms. The Kier molecular flexibility index (Phi) is 3.94. The van der Waals surface area contributed by atoms with Crippen molar-refractivity contribution in [1.29, 1.82) is 0 Å². The molecule has 7 nitrogen and oxygen atoms in total. The van der Waals surface area contributed by atoms with Gasteiger partial charge in [-0.25, -0.2) is 15.0 Å². The van der Waals surface area contributed by atoms with Gasteiger partial charge in [0, 0.05) is 32.0 Å². The van der Waals surface area contributed by atoms with Gasteiger partial charge in [-0.3, -0.25) is 4.68 Å². The molecule has 0 fully saturated rings. The third-order valence-corrected chi connectivity index (χ3v) is 2.58. The van der Waals surface area contributed by atoms with Gasteiger partial charge in [-0.1, -0.05) is 13.8 Å². The fourth-order valence-electron chi connectivity index (χ4n) is 1.63. The standard InChI is InChI=1S/C12H19N7/c1-8(2)12-16-9(13)6-11(17-12)14-5-4-10-15-7-19(3)18-10/h6-8H,4-5H2,1-3H3,(H3,13,14,16,17). The summed E-state index contributed by atoms with van der Waals surface area (Å²) in [6.45, 7) is 4.78. The van der Waals surface area contributed by atoms with Crippen molar-refractivity contribution in [2.45, 2.75) is 26.2 Å². The summed E-state index contributed by atoms with van der Waals surface area (Å²) < 4.78 is 1.69. The third-order valence-electron chi connectivity index (χ3n) is 2.58. The zero-order valence-corrected chi connectivity index (χ0v) is 11.5. The maximum Gasteiger partial charge on any atom is 0.152 e. The van der Waals surface area contributed by atoms with Crippen LogP contribution in [0, 0.1) is 0 Å². The van der Waals surface area contributed by atoms with E-state index in [0.717, 1.165) is 23.9 Å². The molecular weight excluding hydrogens is 242 g/mol. The number of aromatic nitrogens is 5. The van der Waals surface area contributed by atoms with E-state index in [2.05, 4.69) is 25.4 Å². The highest BCUT2D eigenvalue weighted by atomic mass is 15.3. The van der Waals surface area contributed by atoms with Gasteiger partial charge in [0.05, 0.1) is 0 Å². The second-order valence-electron chi connectivity index (χ2n) is 4.70. The molecule has 0 amide bonds. The van der Waals surface area contributed by atoms with Crippen molar-refractivity contribution < 1.29 is 0 Å². The van der Waals surface area contributed by atoms with E-state index in [0.29, 0.717) is 12.4 Å². The van der Waals surface area contributed by atoms with Crippen molar-refractivity contribution in [3.63, 3.8) is 0 Å². The fraction of sp³-hybridized carbons (Fsp3) is 0.500. The second-order valence-corrected chi connectivity index (χ2v) is 4.70. The maximum atomic E-state index is 5.76. The van der Waals surface area contributed by atoms with Gasteiger partial charge < -0.3 is 11.1 Å². The van der Waals surface area contributed by atoms with Gasteiger partial charge in [-0.2, -0.15) is 5.10 Å². The molecule has 2 rings (SSSR count). The Morgan fingerprint density at radius 1 is 1.37 bits per heavy atom. The summed E-state index contributed by atoms with van der Waals surface area (Å²) in [7, 11) is 1.85. The average molecular weight is 261 g/mol. The van der Waals surface area contributed by atoms with E-state index < -0.39 is 0 Å². The summed E-state index contributed by atoms with van der Waals surface area (Å²) in [5, 5.41) is 7.43. The molecule has 0 aliphatic carbocycles. The molecule has 0 spiro atoms. The molecule has 2 aromatic rings. The molecule has 2 aromatic heterocycles. The number of rotatable bonds is 5. The first-order valence-corrected chi connectivity index (χ1v) is 6.27. The molecule has 0 aromatic carbocycles. The third kappa shape index (κ3) is 3.64. The van der Waals surface area contributed by atoms with E-state index in [1.54, 1.807) is 17.1 Å². The number of aryl methyl sites for hydroxylation is 1. The van der Waals surface area contributed by atoms with E-state index in [9.17, 15) is 0 Å². The Morgan fingerprint density at radius 2 is 2.16 bits per heavy atom. The molecular formula is C12H19N7. The first-order valence-electron chi connectivity index (χ1n) is 6.27. The molecule has 3 N–H and O–H groups in total. The van der Waals surface area contributed by atoms with Crippen molar-refractivity contribution in [3.05, 3.63) is 24.0 Å². The van der Waals surface area contributed by atoms with Gasteiger partial charge in [0.25, 0.3) is 0 Å². The minimum Gasteiger partial charge on any atom is -0.384 e. The van der Waals surface area contributed by atoms with Crippen LogP contribution in [0.25, 0.3) is 0 Å². The smallest absolute Gasteiger partial charge is 0.152 e. The fourth-order valence-corrected chi connectivity index (χ4v) is 1.63. The van der Waals surface area contributed by atoms with Crippen molar-refractivity contribution >= 4 is 11.6 Å². The summed E-state index contributed by atoms with van der Waals surface area (Å²) >= 11 is 0. The maximum absolute atomic E-state index is 5.76. The Morgan fingerprint density at radius 3 is 2.79 bits per heavy atom. The van der Waals surface area contributed by atoms with Crippen LogP contribution in [0.1, 0.15) is 31.4 Å². The lowest BCUT2D eigenvalue weighted by atomic mass is 10.2. The highest BCUT2D eigenvalue weighted by Gasteiger charge is 2.06. The first kappa shape index (κ1) is 13.3. The van der Waals surface area contributed by atoms with Crippen molar-refractivity contribution in [2.24, 2.45) is 7.05 Å². The quantitative estimate of drug-likeness (QED) is 0.832. The van der Waals surface area contributed by atoms with Crippen LogP contribution in [0.2, 0.25) is 0 Å². The van der Waals surface area contributed by atoms with E-state index in [-0.39, 0.29) is 5.92 Å². The topological polar surface area (TPSA) is 94.5 Å². The summed E-state index contributed by atoms with van der Waals surface area (Å²) in [6, 6.07) is 1.73. The molecule has 7 heteroatoms. The largest absolute Gasteiger partial charge is 0.384 e. The summed E-state index contributed by atoms with van der Waals surface area (Å²) in [5.74, 6) is 3.03. The van der Waals surface area contributed by atoms with Crippen LogP contribution in [0.15, 0.2) is 12.4 Å². The van der Waals surface area contributed by atoms with E-state index in [1.165, 1.54) is 0 Å². The van der Waals surface area contributed by atoms with E-state index in [4.69, 9.17) is 5.73 Å². The molecule has 0 radical (unpaired) electrons. The zero-order valence-electron chi connectivity index (χ0n) is 11.5. The van der Waals surface area contributed by atoms with Gasteiger partial charge in [-0.05, 0) is 0 Å². The first-order chi connectivity index (χ1) is 9.04. The second kappa shape index (κ2) is 5.64. The van der Waals surface area contributed by atoms with Crippen LogP contribution in [-0.2, 0) is 13.5 Å². The molecule has 102 valence electrons. The van der Waals surface area contributed by atoms with Crippen LogP contribution in [0.3, 0.4) is 0 Å². The summed E-state index contributed by atoms with van der Waals surface area (Å²) in [4.78, 5) is 12.8. The van der Waals surface area contributed by atoms with Gasteiger partial charge in [0.1, 0.15) is 23.8 Å². The van der Waals surface area contributed by atoms with Gasteiger partial charge in [0.2, 0.25) is 0 Å². The van der Waals surface area contributed by atoms with Crippen molar-refractivity contribution in [2.75, 3.05) is 17.6 Å². The van der Waals surface area contributed by atoms with Crippen molar-refractivity contribution in [3.8, 4) is 0 Å². The molecule has 0 atom stereocenters. The van der Waals surface area contributed by atoms with E-state index >= 15 is 0 Å². The van der Waals surface area contributed by atoms with Gasteiger partial charge in [-0.15, -0.1) is 0 Å². The Balaban J connectivity index is 1.95. The lowest BCUT2D eigenvalue weighted by Gasteiger charge is -2.09. The molecule has 19 heavy (non-hydrogen) atoms. The highest BCUT2D eigenvalue weighted by molar-refractivity contribution is 5.44. The number of nitrogens with zero attached hydrogens (tertiary/aromatic N) is 5. The lowest BCUT2D eigenvalue weighted by molar-refractivity contribution is 0.741. The molecule has 0 aliphatic rings. The minimum atomic E-state index is 0.251. The van der Waals surface area contributed by atoms with Gasteiger partial charge in [0.15, 0.2) is 5.82 Å². The summed E-state index contributed by atoms with van der Waals surface area (Å²) in [5.41, 5.74) is 5.76. The Bertz CT molecular complexity index is 547. The Hall–Kier alpha value is -2.18. The van der Waals surface area contributed by atoms with Crippen LogP contribution in [0.5, 0.6) is 0 Å². The predicted octanol–water partition coefficient (Wildman–Crippen LogP) is 0.965. The number of nitrogens with one attached hydrogen (secondary N) is 1. The van der Waals surface area contributed by atoms with Crippen LogP contribution >= 0.6 is 0 Å². The van der Waals surface area contributed by atoms with Crippen LogP contribution in [0.4, 0.5) is 11.6 Å². The minimum absolute atomic E-state index is 0.251. The lowest BCUT2D eigenvalue weighted by Crippen LogP contribution is -2.10. The number of hydrogen-bond acceptors (Lipinski definition) is 6. The predicted molar refractivity (Wildman–Crippen MR) is 73.7 cm³/mol. The van der Waals surface area contributed by atoms with E-state index in [1.807, 2.05) is 20.9 Å². The number of nitrogen functional groups attached to an aromatic ring is 1. The molecule has 0 saturated carbocycles. The normalized spacial score (nSPS) is 10.9. The molecule has 2 heterocycles. The molecule has 0 unspecified atom stereocenters. The number of hydrogen-bond donors (Lipinski definition) is 2. The SMILES string of the molecule is CC(C)c1nc(N)cc(NCCc2ncn(C)n2)n1. The Labute approximate surface area is 112 Å². The number of anilines is 2. The zero-order chi connectivity index (χ0) is 13.8. The molecule has 0 saturated heterocycles. The summed E-state index contributed by atoms with van der Waals surface area (Å²) in [6.07, 6.45) is 2.43.